The zero-order valence-electron chi connectivity index (χ0n) is 13.2. The van der Waals surface area contributed by atoms with Crippen LogP contribution in [-0.4, -0.2) is 31.4 Å². The molecule has 0 amide bonds. The van der Waals surface area contributed by atoms with Gasteiger partial charge in [-0.3, -0.25) is 0 Å². The molecule has 2 saturated carbocycles. The average Bonchev–Trinajstić information content (AvgIpc) is 3.15. The highest BCUT2D eigenvalue weighted by Crippen LogP contribution is 2.44. The zero-order valence-corrected chi connectivity index (χ0v) is 13.2. The number of nitrogen functional groups attached to an aromatic ring is 1. The Morgan fingerprint density at radius 2 is 2.12 bits per heavy atom. The summed E-state index contributed by atoms with van der Waals surface area (Å²) in [6, 6.07) is 2.35. The van der Waals surface area contributed by atoms with Gasteiger partial charge in [0.05, 0.1) is 5.39 Å². The van der Waals surface area contributed by atoms with Crippen LogP contribution in [0.5, 0.6) is 0 Å². The van der Waals surface area contributed by atoms with Crippen molar-refractivity contribution in [2.75, 3.05) is 12.3 Å². The minimum Gasteiger partial charge on any atom is -0.396 e. The lowest BCUT2D eigenvalue weighted by atomic mass is 9.81. The highest BCUT2D eigenvalue weighted by atomic mass is 16.5. The summed E-state index contributed by atoms with van der Waals surface area (Å²) in [6.07, 6.45) is 7.81. The van der Waals surface area contributed by atoms with Crippen LogP contribution in [-0.2, 0) is 0 Å². The molecule has 0 bridgehead atoms. The molecule has 0 aromatic carbocycles. The number of rotatable bonds is 4. The third kappa shape index (κ3) is 2.04. The first-order chi connectivity index (χ1) is 11.7. The summed E-state index contributed by atoms with van der Waals surface area (Å²) in [4.78, 5) is 8.60. The van der Waals surface area contributed by atoms with E-state index in [1.54, 1.807) is 0 Å². The molecule has 3 N–H and O–H groups in total. The first-order valence-electron chi connectivity index (χ1n) is 8.43. The third-order valence-corrected chi connectivity index (χ3v) is 5.29. The molecule has 2 fully saturated rings. The monoisotopic (exact) mass is 325 g/mol. The molecular formula is C17H19N5O2. The van der Waals surface area contributed by atoms with Crippen LogP contribution in [0, 0.1) is 5.92 Å². The van der Waals surface area contributed by atoms with Crippen LogP contribution >= 0.6 is 0 Å². The number of fused-ring (bicyclic) bond motifs is 1. The first-order valence-corrected chi connectivity index (χ1v) is 8.43. The second-order valence-corrected chi connectivity index (χ2v) is 6.97. The van der Waals surface area contributed by atoms with Crippen LogP contribution in [0.15, 0.2) is 23.1 Å². The SMILES string of the molecule is Nc1ncnc2c1c(-c1cc(C3CC3)on1)cn2C1CC(CO)C1. The Balaban J connectivity index is 1.62. The van der Waals surface area contributed by atoms with Crippen molar-refractivity contribution in [3.8, 4) is 11.3 Å². The quantitative estimate of drug-likeness (QED) is 0.764. The highest BCUT2D eigenvalue weighted by molar-refractivity contribution is 5.99. The van der Waals surface area contributed by atoms with Crippen molar-refractivity contribution in [2.45, 2.75) is 37.6 Å². The molecule has 7 heteroatoms. The molecule has 0 radical (unpaired) electrons. The largest absolute Gasteiger partial charge is 0.396 e. The molecule has 3 aromatic heterocycles. The molecule has 0 saturated heterocycles. The van der Waals surface area contributed by atoms with Crippen LogP contribution < -0.4 is 5.73 Å². The van der Waals surface area contributed by atoms with E-state index in [1.165, 1.54) is 19.2 Å². The van der Waals surface area contributed by atoms with Crippen molar-refractivity contribution in [1.29, 1.82) is 0 Å². The third-order valence-electron chi connectivity index (χ3n) is 5.29. The fraction of sp³-hybridized carbons (Fsp3) is 0.471. The summed E-state index contributed by atoms with van der Waals surface area (Å²) in [7, 11) is 0. The minimum absolute atomic E-state index is 0.244. The maximum absolute atomic E-state index is 9.27. The number of aliphatic hydroxyl groups is 1. The van der Waals surface area contributed by atoms with Crippen molar-refractivity contribution in [1.82, 2.24) is 19.7 Å². The van der Waals surface area contributed by atoms with E-state index in [-0.39, 0.29) is 6.61 Å². The smallest absolute Gasteiger partial charge is 0.146 e. The second-order valence-electron chi connectivity index (χ2n) is 6.97. The van der Waals surface area contributed by atoms with Crippen molar-refractivity contribution in [3.05, 3.63) is 24.4 Å². The molecular weight excluding hydrogens is 306 g/mol. The molecule has 3 heterocycles. The molecule has 7 nitrogen and oxygen atoms in total. The lowest BCUT2D eigenvalue weighted by molar-refractivity contribution is 0.114. The Morgan fingerprint density at radius 1 is 1.29 bits per heavy atom. The number of nitrogens with two attached hydrogens (primary N) is 1. The molecule has 2 aliphatic carbocycles. The van der Waals surface area contributed by atoms with E-state index < -0.39 is 0 Å². The van der Waals surface area contributed by atoms with Gasteiger partial charge < -0.3 is 19.9 Å². The number of nitrogens with zero attached hydrogens (tertiary/aromatic N) is 4. The Labute approximate surface area is 138 Å². The fourth-order valence-electron chi connectivity index (χ4n) is 3.63. The maximum atomic E-state index is 9.27. The van der Waals surface area contributed by atoms with Crippen molar-refractivity contribution >= 4 is 16.9 Å². The molecule has 0 unspecified atom stereocenters. The standard InChI is InChI=1S/C17H19N5O2/c18-16-15-12(13-5-14(24-21-13)10-1-2-10)6-22(17(15)20-8-19-16)11-3-9(4-11)7-23/h5-6,8-11,23H,1-4,7H2,(H2,18,19,20). The number of aliphatic hydroxyl groups excluding tert-OH is 1. The molecule has 5 rings (SSSR count). The van der Waals surface area contributed by atoms with E-state index in [9.17, 15) is 5.11 Å². The van der Waals surface area contributed by atoms with Crippen LogP contribution in [0.2, 0.25) is 0 Å². The van der Waals surface area contributed by atoms with Gasteiger partial charge >= 0.3 is 0 Å². The molecule has 124 valence electrons. The van der Waals surface area contributed by atoms with Gasteiger partial charge in [-0.1, -0.05) is 5.16 Å². The lowest BCUT2D eigenvalue weighted by Gasteiger charge is -2.35. The van der Waals surface area contributed by atoms with Crippen LogP contribution in [0.1, 0.15) is 43.4 Å². The normalized spacial score (nSPS) is 23.5. The van der Waals surface area contributed by atoms with Crippen molar-refractivity contribution in [2.24, 2.45) is 5.92 Å². The molecule has 0 spiro atoms. The van der Waals surface area contributed by atoms with E-state index in [1.807, 2.05) is 6.07 Å². The summed E-state index contributed by atoms with van der Waals surface area (Å²) >= 11 is 0. The predicted octanol–water partition coefficient (Wildman–Crippen LogP) is 2.49. The Bertz CT molecular complexity index is 905. The average molecular weight is 325 g/mol. The van der Waals surface area contributed by atoms with E-state index in [2.05, 4.69) is 25.9 Å². The molecule has 2 aliphatic rings. The van der Waals surface area contributed by atoms with E-state index in [4.69, 9.17) is 10.3 Å². The summed E-state index contributed by atoms with van der Waals surface area (Å²) in [5, 5.41) is 14.4. The fourth-order valence-corrected chi connectivity index (χ4v) is 3.63. The van der Waals surface area contributed by atoms with Gasteiger partial charge in [-0.2, -0.15) is 0 Å². The number of hydrogen-bond acceptors (Lipinski definition) is 6. The number of aromatic nitrogens is 4. The predicted molar refractivity (Wildman–Crippen MR) is 88.3 cm³/mol. The number of anilines is 1. The van der Waals surface area contributed by atoms with E-state index in [0.717, 1.165) is 40.9 Å². The Kier molecular flexibility index (Phi) is 2.94. The molecule has 0 aliphatic heterocycles. The molecule has 3 aromatic rings. The Morgan fingerprint density at radius 3 is 2.88 bits per heavy atom. The van der Waals surface area contributed by atoms with E-state index >= 15 is 0 Å². The second kappa shape index (κ2) is 5.04. The van der Waals surface area contributed by atoms with Gasteiger partial charge in [0, 0.05) is 36.4 Å². The zero-order chi connectivity index (χ0) is 16.3. The Hall–Kier alpha value is -2.41. The van der Waals surface area contributed by atoms with Crippen molar-refractivity contribution in [3.63, 3.8) is 0 Å². The van der Waals surface area contributed by atoms with Crippen LogP contribution in [0.4, 0.5) is 5.82 Å². The van der Waals surface area contributed by atoms with Crippen LogP contribution in [0.25, 0.3) is 22.3 Å². The number of hydrogen-bond donors (Lipinski definition) is 2. The first kappa shape index (κ1) is 14.0. The van der Waals surface area contributed by atoms with Gasteiger partial charge in [-0.25, -0.2) is 9.97 Å². The van der Waals surface area contributed by atoms with Gasteiger partial charge in [0.25, 0.3) is 0 Å². The molecule has 24 heavy (non-hydrogen) atoms. The van der Waals surface area contributed by atoms with Gasteiger partial charge in [-0.15, -0.1) is 0 Å². The topological polar surface area (TPSA) is 103 Å². The van der Waals surface area contributed by atoms with E-state index in [0.29, 0.717) is 23.7 Å². The van der Waals surface area contributed by atoms with Crippen molar-refractivity contribution < 1.29 is 9.63 Å². The van der Waals surface area contributed by atoms with Gasteiger partial charge in [0.1, 0.15) is 29.2 Å². The summed E-state index contributed by atoms with van der Waals surface area (Å²) < 4.78 is 7.66. The van der Waals surface area contributed by atoms with Gasteiger partial charge in [-0.05, 0) is 31.6 Å². The summed E-state index contributed by atoms with van der Waals surface area (Å²) in [5.41, 5.74) is 8.68. The van der Waals surface area contributed by atoms with Crippen LogP contribution in [0.3, 0.4) is 0 Å². The lowest BCUT2D eigenvalue weighted by Crippen LogP contribution is -2.28. The minimum atomic E-state index is 0.244. The maximum Gasteiger partial charge on any atom is 0.146 e. The highest BCUT2D eigenvalue weighted by Gasteiger charge is 2.33. The van der Waals surface area contributed by atoms with Gasteiger partial charge in [0.15, 0.2) is 0 Å². The van der Waals surface area contributed by atoms with Gasteiger partial charge in [0.2, 0.25) is 0 Å². The summed E-state index contributed by atoms with van der Waals surface area (Å²) in [5.74, 6) is 2.31. The summed E-state index contributed by atoms with van der Waals surface area (Å²) in [6.45, 7) is 0.244. The molecule has 0 atom stereocenters.